The molecule has 0 saturated heterocycles. The summed E-state index contributed by atoms with van der Waals surface area (Å²) < 4.78 is 0. The zero-order chi connectivity index (χ0) is 14.3. The SMILES string of the molecule is CC(=O)CCN(Cc1ccccc1)C(CO)C(C)C. The number of nitrogens with zero attached hydrogens (tertiary/aromatic N) is 1. The molecule has 0 aliphatic carbocycles. The zero-order valence-corrected chi connectivity index (χ0v) is 12.2. The highest BCUT2D eigenvalue weighted by Gasteiger charge is 2.21. The normalized spacial score (nSPS) is 12.9. The molecule has 0 fully saturated rings. The Labute approximate surface area is 116 Å². The summed E-state index contributed by atoms with van der Waals surface area (Å²) in [5, 5.41) is 9.58. The van der Waals surface area contributed by atoms with Gasteiger partial charge in [-0.15, -0.1) is 0 Å². The lowest BCUT2D eigenvalue weighted by Crippen LogP contribution is -2.42. The average Bonchev–Trinajstić information content (AvgIpc) is 2.37. The van der Waals surface area contributed by atoms with E-state index in [1.165, 1.54) is 5.56 Å². The van der Waals surface area contributed by atoms with Crippen molar-refractivity contribution in [1.82, 2.24) is 4.90 Å². The van der Waals surface area contributed by atoms with Gasteiger partial charge in [-0.2, -0.15) is 0 Å². The van der Waals surface area contributed by atoms with Crippen LogP contribution < -0.4 is 0 Å². The van der Waals surface area contributed by atoms with Crippen LogP contribution in [-0.2, 0) is 11.3 Å². The van der Waals surface area contributed by atoms with Crippen LogP contribution in [0.5, 0.6) is 0 Å². The average molecular weight is 263 g/mol. The molecule has 1 unspecified atom stereocenters. The van der Waals surface area contributed by atoms with Gasteiger partial charge in [-0.1, -0.05) is 44.2 Å². The summed E-state index contributed by atoms with van der Waals surface area (Å²) in [6.45, 7) is 7.43. The highest BCUT2D eigenvalue weighted by Crippen LogP contribution is 2.15. The first-order valence-corrected chi connectivity index (χ1v) is 6.93. The van der Waals surface area contributed by atoms with Gasteiger partial charge in [0.2, 0.25) is 0 Å². The topological polar surface area (TPSA) is 40.5 Å². The molecule has 0 aliphatic heterocycles. The Balaban J connectivity index is 2.76. The van der Waals surface area contributed by atoms with Crippen LogP contribution in [0.3, 0.4) is 0 Å². The van der Waals surface area contributed by atoms with E-state index in [4.69, 9.17) is 0 Å². The lowest BCUT2D eigenvalue weighted by atomic mass is 10.0. The fraction of sp³-hybridized carbons (Fsp3) is 0.562. The number of ketones is 1. The van der Waals surface area contributed by atoms with Crippen molar-refractivity contribution in [3.63, 3.8) is 0 Å². The number of rotatable bonds is 8. The third-order valence-corrected chi connectivity index (χ3v) is 3.41. The summed E-state index contributed by atoms with van der Waals surface area (Å²) >= 11 is 0. The van der Waals surface area contributed by atoms with E-state index in [0.29, 0.717) is 18.9 Å². The first kappa shape index (κ1) is 15.9. The van der Waals surface area contributed by atoms with E-state index < -0.39 is 0 Å². The van der Waals surface area contributed by atoms with E-state index in [9.17, 15) is 9.90 Å². The van der Waals surface area contributed by atoms with Crippen molar-refractivity contribution < 1.29 is 9.90 Å². The predicted molar refractivity (Wildman–Crippen MR) is 77.9 cm³/mol. The van der Waals surface area contributed by atoms with E-state index in [1.807, 2.05) is 18.2 Å². The molecular formula is C16H25NO2. The fourth-order valence-corrected chi connectivity index (χ4v) is 2.23. The molecule has 1 rings (SSSR count). The Kier molecular flexibility index (Phi) is 6.74. The number of carbonyl (C=O) groups is 1. The van der Waals surface area contributed by atoms with E-state index in [0.717, 1.165) is 6.54 Å². The van der Waals surface area contributed by atoms with Gasteiger partial charge in [0, 0.05) is 25.6 Å². The van der Waals surface area contributed by atoms with Crippen molar-refractivity contribution in [1.29, 1.82) is 0 Å². The number of aliphatic hydroxyl groups excluding tert-OH is 1. The molecule has 1 N–H and O–H groups in total. The van der Waals surface area contributed by atoms with E-state index in [1.54, 1.807) is 6.92 Å². The maximum Gasteiger partial charge on any atom is 0.131 e. The molecular weight excluding hydrogens is 238 g/mol. The van der Waals surface area contributed by atoms with Crippen LogP contribution in [0.25, 0.3) is 0 Å². The number of carbonyl (C=O) groups excluding carboxylic acids is 1. The van der Waals surface area contributed by atoms with Gasteiger partial charge in [0.15, 0.2) is 0 Å². The maximum atomic E-state index is 11.2. The van der Waals surface area contributed by atoms with Gasteiger partial charge >= 0.3 is 0 Å². The van der Waals surface area contributed by atoms with Gasteiger partial charge in [0.25, 0.3) is 0 Å². The number of benzene rings is 1. The third-order valence-electron chi connectivity index (χ3n) is 3.41. The second-order valence-corrected chi connectivity index (χ2v) is 5.40. The molecule has 3 heteroatoms. The minimum atomic E-state index is 0.0968. The van der Waals surface area contributed by atoms with Gasteiger partial charge in [-0.3, -0.25) is 9.69 Å². The van der Waals surface area contributed by atoms with Crippen molar-refractivity contribution in [2.24, 2.45) is 5.92 Å². The van der Waals surface area contributed by atoms with Gasteiger partial charge in [-0.25, -0.2) is 0 Å². The first-order valence-electron chi connectivity index (χ1n) is 6.93. The molecule has 0 aromatic heterocycles. The maximum absolute atomic E-state index is 11.2. The van der Waals surface area contributed by atoms with Crippen LogP contribution >= 0.6 is 0 Å². The monoisotopic (exact) mass is 263 g/mol. The number of hydrogen-bond acceptors (Lipinski definition) is 3. The van der Waals surface area contributed by atoms with Gasteiger partial charge in [0.1, 0.15) is 5.78 Å². The first-order chi connectivity index (χ1) is 9.04. The number of aliphatic hydroxyl groups is 1. The van der Waals surface area contributed by atoms with Crippen LogP contribution in [-0.4, -0.2) is 35.0 Å². The van der Waals surface area contributed by atoms with Crippen LogP contribution in [0, 0.1) is 5.92 Å². The Morgan fingerprint density at radius 2 is 1.89 bits per heavy atom. The van der Waals surface area contributed by atoms with Crippen molar-refractivity contribution in [3.05, 3.63) is 35.9 Å². The number of hydrogen-bond donors (Lipinski definition) is 1. The zero-order valence-electron chi connectivity index (χ0n) is 12.2. The molecule has 0 spiro atoms. The molecule has 106 valence electrons. The van der Waals surface area contributed by atoms with Gasteiger partial charge in [0.05, 0.1) is 6.61 Å². The van der Waals surface area contributed by atoms with Gasteiger partial charge < -0.3 is 5.11 Å². The predicted octanol–water partition coefficient (Wildman–Crippen LogP) is 2.48. The Morgan fingerprint density at radius 3 is 2.37 bits per heavy atom. The molecule has 0 saturated carbocycles. The quantitative estimate of drug-likeness (QED) is 0.783. The molecule has 0 bridgehead atoms. The summed E-state index contributed by atoms with van der Waals surface area (Å²) in [4.78, 5) is 13.4. The molecule has 19 heavy (non-hydrogen) atoms. The van der Waals surface area contributed by atoms with Gasteiger partial charge in [-0.05, 0) is 18.4 Å². The largest absolute Gasteiger partial charge is 0.395 e. The van der Waals surface area contributed by atoms with Crippen LogP contribution in [0.15, 0.2) is 30.3 Å². The molecule has 1 aromatic rings. The Bertz CT molecular complexity index is 376. The minimum absolute atomic E-state index is 0.0968. The summed E-state index contributed by atoms with van der Waals surface area (Å²) in [7, 11) is 0. The van der Waals surface area contributed by atoms with Crippen LogP contribution in [0.1, 0.15) is 32.8 Å². The lowest BCUT2D eigenvalue weighted by Gasteiger charge is -2.33. The standard InChI is InChI=1S/C16H25NO2/c1-13(2)16(12-18)17(10-9-14(3)19)11-15-7-5-4-6-8-15/h4-8,13,16,18H,9-12H2,1-3H3. The molecule has 0 radical (unpaired) electrons. The van der Waals surface area contributed by atoms with Crippen molar-refractivity contribution in [2.75, 3.05) is 13.2 Å². The van der Waals surface area contributed by atoms with Crippen LogP contribution in [0.2, 0.25) is 0 Å². The molecule has 3 nitrogen and oxygen atoms in total. The summed E-state index contributed by atoms with van der Waals surface area (Å²) in [5.41, 5.74) is 1.21. The second-order valence-electron chi connectivity index (χ2n) is 5.40. The Hall–Kier alpha value is -1.19. The van der Waals surface area contributed by atoms with E-state index in [2.05, 4.69) is 30.9 Å². The molecule has 1 aromatic carbocycles. The molecule has 0 amide bonds. The van der Waals surface area contributed by atoms with Crippen molar-refractivity contribution in [3.8, 4) is 0 Å². The Morgan fingerprint density at radius 1 is 1.26 bits per heavy atom. The molecule has 0 heterocycles. The smallest absolute Gasteiger partial charge is 0.131 e. The summed E-state index contributed by atoms with van der Waals surface area (Å²) in [6, 6.07) is 10.3. The highest BCUT2D eigenvalue weighted by molar-refractivity contribution is 5.75. The molecule has 0 aliphatic rings. The van der Waals surface area contributed by atoms with E-state index >= 15 is 0 Å². The van der Waals surface area contributed by atoms with Crippen LogP contribution in [0.4, 0.5) is 0 Å². The summed E-state index contributed by atoms with van der Waals surface area (Å²) in [5.74, 6) is 0.555. The molecule has 1 atom stereocenters. The fourth-order valence-electron chi connectivity index (χ4n) is 2.23. The second kappa shape index (κ2) is 8.08. The highest BCUT2D eigenvalue weighted by atomic mass is 16.3. The van der Waals surface area contributed by atoms with Crippen molar-refractivity contribution >= 4 is 5.78 Å². The lowest BCUT2D eigenvalue weighted by molar-refractivity contribution is -0.117. The number of Topliss-reactive ketones (excluding diaryl/α,β-unsaturated/α-hetero) is 1. The third kappa shape index (κ3) is 5.53. The minimum Gasteiger partial charge on any atom is -0.395 e. The van der Waals surface area contributed by atoms with E-state index in [-0.39, 0.29) is 18.4 Å². The summed E-state index contributed by atoms with van der Waals surface area (Å²) in [6.07, 6.45) is 0.538. The van der Waals surface area contributed by atoms with Crippen molar-refractivity contribution in [2.45, 2.75) is 39.8 Å².